The highest BCUT2D eigenvalue weighted by Crippen LogP contribution is 2.24. The Hall–Kier alpha value is -2.35. The molecule has 20 heavy (non-hydrogen) atoms. The molecule has 2 aromatic rings. The number of benzene rings is 2. The highest BCUT2D eigenvalue weighted by molar-refractivity contribution is 5.82. The molecule has 0 aliphatic rings. The Kier molecular flexibility index (Phi) is 4.36. The Morgan fingerprint density at radius 2 is 1.30 bits per heavy atom. The van der Waals surface area contributed by atoms with Crippen molar-refractivity contribution >= 4 is 11.5 Å². The van der Waals surface area contributed by atoms with E-state index in [4.69, 9.17) is 5.11 Å². The molecular weight excluding hydrogens is 248 g/mol. The van der Waals surface area contributed by atoms with Gasteiger partial charge in [0.05, 0.1) is 6.42 Å². The van der Waals surface area contributed by atoms with Crippen LogP contribution in [0.4, 0.5) is 0 Å². The summed E-state index contributed by atoms with van der Waals surface area (Å²) in [4.78, 5) is 10.8. The van der Waals surface area contributed by atoms with Crippen LogP contribution in [0.2, 0.25) is 0 Å². The summed E-state index contributed by atoms with van der Waals surface area (Å²) >= 11 is 0. The molecule has 0 saturated carbocycles. The van der Waals surface area contributed by atoms with Gasteiger partial charge in [0.25, 0.3) is 0 Å². The number of aliphatic carboxylic acids is 1. The summed E-state index contributed by atoms with van der Waals surface area (Å²) in [5, 5.41) is 8.90. The molecule has 0 unspecified atom stereocenters. The third-order valence-electron chi connectivity index (χ3n) is 3.21. The zero-order valence-corrected chi connectivity index (χ0v) is 11.8. The summed E-state index contributed by atoms with van der Waals surface area (Å²) in [6.07, 6.45) is 1.80. The van der Waals surface area contributed by atoms with Crippen LogP contribution in [0.25, 0.3) is 5.57 Å². The van der Waals surface area contributed by atoms with Crippen molar-refractivity contribution in [2.75, 3.05) is 0 Å². The lowest BCUT2D eigenvalue weighted by Gasteiger charge is -2.09. The third kappa shape index (κ3) is 3.58. The summed E-state index contributed by atoms with van der Waals surface area (Å²) in [7, 11) is 0. The van der Waals surface area contributed by atoms with Crippen LogP contribution in [-0.4, -0.2) is 11.1 Å². The zero-order chi connectivity index (χ0) is 14.5. The van der Waals surface area contributed by atoms with Crippen LogP contribution < -0.4 is 0 Å². The van der Waals surface area contributed by atoms with Crippen molar-refractivity contribution in [3.63, 3.8) is 0 Å². The number of rotatable bonds is 4. The molecule has 2 nitrogen and oxygen atoms in total. The fourth-order valence-electron chi connectivity index (χ4n) is 2.06. The van der Waals surface area contributed by atoms with E-state index in [1.54, 1.807) is 6.08 Å². The second-order valence-corrected chi connectivity index (χ2v) is 4.95. The van der Waals surface area contributed by atoms with Gasteiger partial charge < -0.3 is 5.11 Å². The van der Waals surface area contributed by atoms with Gasteiger partial charge in [0, 0.05) is 0 Å². The summed E-state index contributed by atoms with van der Waals surface area (Å²) in [6.45, 7) is 4.08. The van der Waals surface area contributed by atoms with Crippen molar-refractivity contribution in [2.24, 2.45) is 0 Å². The topological polar surface area (TPSA) is 37.3 Å². The van der Waals surface area contributed by atoms with Crippen LogP contribution in [0.5, 0.6) is 0 Å². The molecule has 0 amide bonds. The van der Waals surface area contributed by atoms with Crippen molar-refractivity contribution in [1.82, 2.24) is 0 Å². The molecule has 0 bridgehead atoms. The van der Waals surface area contributed by atoms with E-state index >= 15 is 0 Å². The van der Waals surface area contributed by atoms with Crippen LogP contribution in [0.15, 0.2) is 54.6 Å². The monoisotopic (exact) mass is 266 g/mol. The van der Waals surface area contributed by atoms with Gasteiger partial charge in [0.1, 0.15) is 0 Å². The first-order chi connectivity index (χ1) is 9.56. The molecular formula is C18H18O2. The van der Waals surface area contributed by atoms with Gasteiger partial charge in [-0.25, -0.2) is 0 Å². The Labute approximate surface area is 119 Å². The quantitative estimate of drug-likeness (QED) is 0.900. The molecule has 0 heterocycles. The van der Waals surface area contributed by atoms with Crippen LogP contribution in [0.1, 0.15) is 28.7 Å². The fraction of sp³-hybridized carbons (Fsp3) is 0.167. The predicted octanol–water partition coefficient (Wildman–Crippen LogP) is 4.21. The molecule has 0 atom stereocenters. The lowest BCUT2D eigenvalue weighted by Crippen LogP contribution is -1.94. The average Bonchev–Trinajstić information content (AvgIpc) is 2.42. The Bertz CT molecular complexity index is 572. The minimum atomic E-state index is -0.818. The summed E-state index contributed by atoms with van der Waals surface area (Å²) in [5.74, 6) is -0.818. The van der Waals surface area contributed by atoms with E-state index in [0.717, 1.165) is 16.7 Å². The maximum absolute atomic E-state index is 10.8. The van der Waals surface area contributed by atoms with Crippen LogP contribution in [0.3, 0.4) is 0 Å². The van der Waals surface area contributed by atoms with Gasteiger partial charge in [0.15, 0.2) is 0 Å². The molecule has 0 aliphatic heterocycles. The number of carboxylic acids is 1. The molecule has 0 aliphatic carbocycles. The standard InChI is InChI=1S/C18H18O2/c1-13-3-7-15(8-4-13)17(11-12-18(19)20)16-9-5-14(2)6-10-16/h3-11H,12H2,1-2H3,(H,19,20). The van der Waals surface area contributed by atoms with Gasteiger partial charge in [-0.15, -0.1) is 0 Å². The number of hydrogen-bond acceptors (Lipinski definition) is 1. The highest BCUT2D eigenvalue weighted by Gasteiger charge is 2.06. The number of carboxylic acid groups (broad SMARTS) is 1. The second-order valence-electron chi connectivity index (χ2n) is 4.95. The van der Waals surface area contributed by atoms with E-state index in [1.165, 1.54) is 11.1 Å². The maximum atomic E-state index is 10.8. The summed E-state index contributed by atoms with van der Waals surface area (Å²) in [5.41, 5.74) is 5.43. The van der Waals surface area contributed by atoms with Crippen molar-refractivity contribution in [2.45, 2.75) is 20.3 Å². The summed E-state index contributed by atoms with van der Waals surface area (Å²) < 4.78 is 0. The predicted molar refractivity (Wildman–Crippen MR) is 81.7 cm³/mol. The molecule has 0 saturated heterocycles. The normalized spacial score (nSPS) is 10.1. The number of aryl methyl sites for hydroxylation is 2. The van der Waals surface area contributed by atoms with Crippen molar-refractivity contribution < 1.29 is 9.90 Å². The smallest absolute Gasteiger partial charge is 0.307 e. The molecule has 0 aromatic heterocycles. The minimum Gasteiger partial charge on any atom is -0.481 e. The molecule has 1 N–H and O–H groups in total. The van der Waals surface area contributed by atoms with E-state index in [0.29, 0.717) is 0 Å². The van der Waals surface area contributed by atoms with Gasteiger partial charge in [-0.05, 0) is 30.5 Å². The van der Waals surface area contributed by atoms with Crippen molar-refractivity contribution in [1.29, 1.82) is 0 Å². The summed E-state index contributed by atoms with van der Waals surface area (Å²) in [6, 6.07) is 16.3. The SMILES string of the molecule is Cc1ccc(C(=CCC(=O)O)c2ccc(C)cc2)cc1. The molecule has 0 spiro atoms. The number of carbonyl (C=O) groups is 1. The van der Waals surface area contributed by atoms with Crippen LogP contribution in [-0.2, 0) is 4.79 Å². The fourth-order valence-corrected chi connectivity index (χ4v) is 2.06. The van der Waals surface area contributed by atoms with E-state index in [-0.39, 0.29) is 6.42 Å². The van der Waals surface area contributed by atoms with E-state index in [2.05, 4.69) is 0 Å². The average molecular weight is 266 g/mol. The third-order valence-corrected chi connectivity index (χ3v) is 3.21. The molecule has 2 rings (SSSR count). The first kappa shape index (κ1) is 14.1. The molecule has 2 aromatic carbocycles. The van der Waals surface area contributed by atoms with E-state index in [1.807, 2.05) is 62.4 Å². The first-order valence-corrected chi connectivity index (χ1v) is 6.62. The van der Waals surface area contributed by atoms with Gasteiger partial charge >= 0.3 is 5.97 Å². The van der Waals surface area contributed by atoms with Crippen molar-refractivity contribution in [3.05, 3.63) is 76.9 Å². The van der Waals surface area contributed by atoms with Crippen LogP contribution >= 0.6 is 0 Å². The van der Waals surface area contributed by atoms with E-state index in [9.17, 15) is 4.79 Å². The van der Waals surface area contributed by atoms with Gasteiger partial charge in [0.2, 0.25) is 0 Å². The Morgan fingerprint density at radius 1 is 0.900 bits per heavy atom. The largest absolute Gasteiger partial charge is 0.481 e. The molecule has 0 radical (unpaired) electrons. The Morgan fingerprint density at radius 3 is 1.65 bits per heavy atom. The maximum Gasteiger partial charge on any atom is 0.307 e. The Balaban J connectivity index is 2.44. The number of hydrogen-bond donors (Lipinski definition) is 1. The first-order valence-electron chi connectivity index (χ1n) is 6.62. The molecule has 0 fully saturated rings. The van der Waals surface area contributed by atoms with Gasteiger partial charge in [-0.2, -0.15) is 0 Å². The van der Waals surface area contributed by atoms with E-state index < -0.39 is 5.97 Å². The molecule has 102 valence electrons. The highest BCUT2D eigenvalue weighted by atomic mass is 16.4. The van der Waals surface area contributed by atoms with Gasteiger partial charge in [-0.3, -0.25) is 4.79 Å². The van der Waals surface area contributed by atoms with Gasteiger partial charge in [-0.1, -0.05) is 65.7 Å². The lowest BCUT2D eigenvalue weighted by atomic mass is 9.95. The zero-order valence-electron chi connectivity index (χ0n) is 11.8. The lowest BCUT2D eigenvalue weighted by molar-refractivity contribution is -0.135. The van der Waals surface area contributed by atoms with Crippen molar-refractivity contribution in [3.8, 4) is 0 Å². The second kappa shape index (κ2) is 6.20. The minimum absolute atomic E-state index is 0.0249. The molecule has 2 heteroatoms. The van der Waals surface area contributed by atoms with Crippen LogP contribution in [0, 0.1) is 13.8 Å².